The average molecular weight is 518 g/mol. The summed E-state index contributed by atoms with van der Waals surface area (Å²) in [6, 6.07) is 30.5. The molecule has 0 spiro atoms. The van der Waals surface area contributed by atoms with Crippen LogP contribution in [0.4, 0.5) is 0 Å². The minimum atomic E-state index is -1.25. The van der Waals surface area contributed by atoms with Gasteiger partial charge in [0.05, 0.1) is 11.6 Å². The number of carbonyl (C=O) groups is 2. The van der Waals surface area contributed by atoms with E-state index in [4.69, 9.17) is 4.74 Å². The molecule has 0 saturated carbocycles. The molecule has 0 aliphatic rings. The number of aromatic amines is 1. The summed E-state index contributed by atoms with van der Waals surface area (Å²) in [5, 5.41) is 14.1. The molecule has 0 saturated heterocycles. The maximum absolute atomic E-state index is 13.3. The second kappa shape index (κ2) is 11.7. The van der Waals surface area contributed by atoms with Gasteiger partial charge in [-0.05, 0) is 48.0 Å². The van der Waals surface area contributed by atoms with Gasteiger partial charge in [0.25, 0.3) is 17.4 Å². The number of rotatable bonds is 8. The lowest BCUT2D eigenvalue weighted by atomic mass is 10.0. The molecule has 39 heavy (non-hydrogen) atoms. The van der Waals surface area contributed by atoms with Crippen molar-refractivity contribution >= 4 is 28.8 Å². The Morgan fingerprint density at radius 1 is 0.821 bits per heavy atom. The van der Waals surface area contributed by atoms with Crippen LogP contribution in [0.1, 0.15) is 27.7 Å². The van der Waals surface area contributed by atoms with Crippen LogP contribution in [0.25, 0.3) is 10.8 Å². The van der Waals surface area contributed by atoms with E-state index >= 15 is 0 Å². The molecule has 1 atom stereocenters. The van der Waals surface area contributed by atoms with Crippen molar-refractivity contribution < 1.29 is 14.3 Å². The normalized spacial score (nSPS) is 11.7. The fraction of sp³-hybridized carbons (Fsp3) is 0.0333. The molecule has 9 nitrogen and oxygen atoms in total. The molecule has 0 fully saturated rings. The van der Waals surface area contributed by atoms with Crippen molar-refractivity contribution in [3.05, 3.63) is 136 Å². The molecule has 5 rings (SSSR count). The largest absolute Gasteiger partial charge is 0.457 e. The first-order valence-corrected chi connectivity index (χ1v) is 12.1. The molecule has 0 aliphatic heterocycles. The number of hydrazone groups is 1. The van der Waals surface area contributed by atoms with Gasteiger partial charge in [-0.1, -0.05) is 66.7 Å². The van der Waals surface area contributed by atoms with Crippen LogP contribution >= 0.6 is 0 Å². The highest BCUT2D eigenvalue weighted by Gasteiger charge is 2.27. The lowest BCUT2D eigenvalue weighted by Crippen LogP contribution is -2.40. The summed E-state index contributed by atoms with van der Waals surface area (Å²) in [5.74, 6) is 0.172. The van der Waals surface area contributed by atoms with Crippen LogP contribution in [0.15, 0.2) is 119 Å². The predicted molar refractivity (Wildman–Crippen MR) is 148 cm³/mol. The second-order valence-corrected chi connectivity index (χ2v) is 8.48. The van der Waals surface area contributed by atoms with E-state index in [1.165, 1.54) is 6.21 Å². The quantitative estimate of drug-likeness (QED) is 0.209. The molecule has 1 heterocycles. The third kappa shape index (κ3) is 6.05. The van der Waals surface area contributed by atoms with Gasteiger partial charge in [-0.25, -0.2) is 10.5 Å². The highest BCUT2D eigenvalue weighted by atomic mass is 16.5. The van der Waals surface area contributed by atoms with Crippen molar-refractivity contribution in [1.82, 2.24) is 20.9 Å². The molecule has 4 aromatic carbocycles. The van der Waals surface area contributed by atoms with Crippen molar-refractivity contribution in [2.45, 2.75) is 6.04 Å². The van der Waals surface area contributed by atoms with Gasteiger partial charge in [0.1, 0.15) is 17.2 Å². The fourth-order valence-electron chi connectivity index (χ4n) is 3.94. The Morgan fingerprint density at radius 3 is 2.26 bits per heavy atom. The number of H-pyrrole nitrogens is 1. The smallest absolute Gasteiger partial charge is 0.272 e. The summed E-state index contributed by atoms with van der Waals surface area (Å²) in [7, 11) is 0. The van der Waals surface area contributed by atoms with E-state index < -0.39 is 23.4 Å². The predicted octanol–water partition coefficient (Wildman–Crippen LogP) is 4.34. The number of para-hydroxylation sites is 1. The maximum atomic E-state index is 13.3. The lowest BCUT2D eigenvalue weighted by Gasteiger charge is -2.18. The van der Waals surface area contributed by atoms with Crippen LogP contribution in [0.2, 0.25) is 0 Å². The molecular weight excluding hydrogens is 494 g/mol. The minimum absolute atomic E-state index is 0.181. The Morgan fingerprint density at radius 2 is 1.49 bits per heavy atom. The van der Waals surface area contributed by atoms with E-state index in [1.54, 1.807) is 72.8 Å². The van der Waals surface area contributed by atoms with Crippen LogP contribution in [0, 0.1) is 0 Å². The maximum Gasteiger partial charge on any atom is 0.272 e. The van der Waals surface area contributed by atoms with Crippen molar-refractivity contribution in [2.75, 3.05) is 0 Å². The van der Waals surface area contributed by atoms with E-state index in [2.05, 4.69) is 26.0 Å². The number of aromatic nitrogens is 2. The number of amides is 2. The Hall–Kier alpha value is -5.57. The van der Waals surface area contributed by atoms with Gasteiger partial charge in [-0.15, -0.1) is 0 Å². The number of carbonyl (C=O) groups excluding carboxylic acids is 2. The zero-order chi connectivity index (χ0) is 27.0. The van der Waals surface area contributed by atoms with Crippen molar-refractivity contribution in [3.8, 4) is 11.5 Å². The monoisotopic (exact) mass is 517 g/mol. The second-order valence-electron chi connectivity index (χ2n) is 8.48. The molecular formula is C30H23N5O4. The molecule has 0 radical (unpaired) electrons. The first kappa shape index (κ1) is 25.1. The number of hydrogen-bond acceptors (Lipinski definition) is 6. The van der Waals surface area contributed by atoms with Gasteiger partial charge in [-0.3, -0.25) is 14.4 Å². The standard InChI is InChI=1S/C30H23N5O4/c36-28(21-11-3-1-4-12-21)32-27(26-24-16-7-8-17-25(24)29(37)35-33-26)30(38)34-31-19-20-10-9-15-23(18-20)39-22-13-5-2-6-14-22/h1-19,27H,(H,32,36)(H,34,38)(H,35,37)/b31-19+/t27-/m1/s1. The molecule has 192 valence electrons. The molecule has 0 unspecified atom stereocenters. The Kier molecular flexibility index (Phi) is 7.50. The SMILES string of the molecule is O=C(N[C@@H](C(=O)N/N=C/c1cccc(Oc2ccccc2)c1)c1n[nH]c(=O)c2ccccc12)c1ccccc1. The van der Waals surface area contributed by atoms with Gasteiger partial charge in [0.2, 0.25) is 0 Å². The number of fused-ring (bicyclic) bond motifs is 1. The number of nitrogens with zero attached hydrogens (tertiary/aromatic N) is 2. The zero-order valence-corrected chi connectivity index (χ0v) is 20.6. The summed E-state index contributed by atoms with van der Waals surface area (Å²) in [5.41, 5.74) is 3.30. The van der Waals surface area contributed by atoms with Crippen molar-refractivity contribution in [1.29, 1.82) is 0 Å². The summed E-state index contributed by atoms with van der Waals surface area (Å²) in [6.45, 7) is 0. The van der Waals surface area contributed by atoms with Crippen LogP contribution in [-0.2, 0) is 4.79 Å². The average Bonchev–Trinajstić information content (AvgIpc) is 2.97. The van der Waals surface area contributed by atoms with Crippen LogP contribution in [0.3, 0.4) is 0 Å². The molecule has 0 bridgehead atoms. The topological polar surface area (TPSA) is 126 Å². The van der Waals surface area contributed by atoms with Crippen LogP contribution in [-0.4, -0.2) is 28.2 Å². The summed E-state index contributed by atoms with van der Waals surface area (Å²) >= 11 is 0. The third-order valence-electron chi connectivity index (χ3n) is 5.80. The Balaban J connectivity index is 1.39. The Bertz CT molecular complexity index is 1700. The van der Waals surface area contributed by atoms with Gasteiger partial charge < -0.3 is 10.1 Å². The highest BCUT2D eigenvalue weighted by molar-refractivity contribution is 5.99. The highest BCUT2D eigenvalue weighted by Crippen LogP contribution is 2.22. The van der Waals surface area contributed by atoms with E-state index in [1.807, 2.05) is 36.4 Å². The number of hydrogen-bond donors (Lipinski definition) is 3. The Labute approximate surface area is 223 Å². The summed E-state index contributed by atoms with van der Waals surface area (Å²) < 4.78 is 5.85. The van der Waals surface area contributed by atoms with E-state index in [9.17, 15) is 14.4 Å². The van der Waals surface area contributed by atoms with Crippen molar-refractivity contribution in [3.63, 3.8) is 0 Å². The summed E-state index contributed by atoms with van der Waals surface area (Å²) in [6.07, 6.45) is 1.46. The van der Waals surface area contributed by atoms with Crippen LogP contribution in [0.5, 0.6) is 11.5 Å². The van der Waals surface area contributed by atoms with E-state index in [0.29, 0.717) is 33.4 Å². The molecule has 3 N–H and O–H groups in total. The molecule has 9 heteroatoms. The van der Waals surface area contributed by atoms with Gasteiger partial charge in [0.15, 0.2) is 6.04 Å². The molecule has 5 aromatic rings. The molecule has 0 aliphatic carbocycles. The van der Waals surface area contributed by atoms with Crippen molar-refractivity contribution in [2.24, 2.45) is 5.10 Å². The van der Waals surface area contributed by atoms with Gasteiger partial charge in [-0.2, -0.15) is 10.2 Å². The fourth-order valence-corrected chi connectivity index (χ4v) is 3.94. The number of nitrogens with one attached hydrogen (secondary N) is 3. The third-order valence-corrected chi connectivity index (χ3v) is 5.80. The zero-order valence-electron chi connectivity index (χ0n) is 20.6. The minimum Gasteiger partial charge on any atom is -0.457 e. The number of ether oxygens (including phenoxy) is 1. The van der Waals surface area contributed by atoms with E-state index in [-0.39, 0.29) is 5.69 Å². The first-order chi connectivity index (χ1) is 19.1. The van der Waals surface area contributed by atoms with E-state index in [0.717, 1.165) is 0 Å². The molecule has 2 amide bonds. The van der Waals surface area contributed by atoms with Crippen LogP contribution < -0.4 is 21.0 Å². The molecule has 1 aromatic heterocycles. The van der Waals surface area contributed by atoms with Gasteiger partial charge in [0, 0.05) is 10.9 Å². The summed E-state index contributed by atoms with van der Waals surface area (Å²) in [4.78, 5) is 38.6. The lowest BCUT2D eigenvalue weighted by molar-refractivity contribution is -0.123. The first-order valence-electron chi connectivity index (χ1n) is 12.1. The number of benzene rings is 4. The van der Waals surface area contributed by atoms with Gasteiger partial charge >= 0.3 is 0 Å².